The molecule has 0 aliphatic carbocycles. The third kappa shape index (κ3) is 7.35. The van der Waals surface area contributed by atoms with E-state index < -0.39 is 17.6 Å². The Morgan fingerprint density at radius 1 is 0.636 bits per heavy atom. The van der Waals surface area contributed by atoms with E-state index in [1.807, 2.05) is 0 Å². The first kappa shape index (κ1) is 29.7. The van der Waals surface area contributed by atoms with Crippen LogP contribution in [0.1, 0.15) is 42.2 Å². The third-order valence-electron chi connectivity index (χ3n) is 6.68. The standard InChI is InChI=1S/C34H25F3N4O3/c35-34(36,37)26-12-10-23(11-13-26)29-6-1-2-7-30(29)33(44)41-28-5-3-4-25(20-28)31(42)39-21-22-8-14-27(15-9-22)40-32(43)24-16-18-38-19-17-24/h1-20H,21H2,(H,39,42)(H,40,43)(H,41,44). The van der Waals surface area contributed by atoms with Gasteiger partial charge in [0.15, 0.2) is 0 Å². The maximum Gasteiger partial charge on any atom is 0.416 e. The van der Waals surface area contributed by atoms with Gasteiger partial charge in [0.2, 0.25) is 0 Å². The van der Waals surface area contributed by atoms with Gasteiger partial charge in [-0.2, -0.15) is 13.2 Å². The minimum Gasteiger partial charge on any atom is -0.348 e. The molecule has 0 spiro atoms. The molecule has 3 N–H and O–H groups in total. The summed E-state index contributed by atoms with van der Waals surface area (Å²) in [5.74, 6) is -1.10. The average molecular weight is 595 g/mol. The molecule has 0 fully saturated rings. The van der Waals surface area contributed by atoms with Gasteiger partial charge in [0.1, 0.15) is 0 Å². The Bertz CT molecular complexity index is 1790. The molecule has 1 heterocycles. The van der Waals surface area contributed by atoms with Crippen LogP contribution in [0.25, 0.3) is 11.1 Å². The van der Waals surface area contributed by atoms with E-state index in [-0.39, 0.29) is 23.9 Å². The molecule has 44 heavy (non-hydrogen) atoms. The van der Waals surface area contributed by atoms with Gasteiger partial charge in [0.25, 0.3) is 17.7 Å². The number of pyridine rings is 1. The minimum absolute atomic E-state index is 0.231. The third-order valence-corrected chi connectivity index (χ3v) is 6.68. The molecule has 1 aromatic heterocycles. The summed E-state index contributed by atoms with van der Waals surface area (Å²) in [7, 11) is 0. The van der Waals surface area contributed by atoms with E-state index in [0.29, 0.717) is 33.6 Å². The zero-order valence-electron chi connectivity index (χ0n) is 23.1. The molecule has 0 bridgehead atoms. The largest absolute Gasteiger partial charge is 0.416 e. The molecular weight excluding hydrogens is 569 g/mol. The van der Waals surface area contributed by atoms with E-state index in [2.05, 4.69) is 20.9 Å². The summed E-state index contributed by atoms with van der Waals surface area (Å²) in [6.07, 6.45) is -1.38. The minimum atomic E-state index is -4.46. The second-order valence-corrected chi connectivity index (χ2v) is 9.73. The number of carbonyl (C=O) groups is 3. The fourth-order valence-electron chi connectivity index (χ4n) is 4.41. The fourth-order valence-corrected chi connectivity index (χ4v) is 4.41. The van der Waals surface area contributed by atoms with Gasteiger partial charge in [0.05, 0.1) is 5.56 Å². The van der Waals surface area contributed by atoms with E-state index in [0.717, 1.165) is 17.7 Å². The summed E-state index contributed by atoms with van der Waals surface area (Å²) in [5, 5.41) is 8.40. The summed E-state index contributed by atoms with van der Waals surface area (Å²) in [5.41, 5.74) is 3.01. The number of benzene rings is 4. The Kier molecular flexibility index (Phi) is 8.80. The van der Waals surface area contributed by atoms with Crippen molar-refractivity contribution >= 4 is 29.1 Å². The van der Waals surface area contributed by atoms with Crippen molar-refractivity contribution in [2.24, 2.45) is 0 Å². The SMILES string of the molecule is O=C(NCc1ccc(NC(=O)c2ccncc2)cc1)c1cccc(NC(=O)c2ccccc2-c2ccc(C(F)(F)F)cc2)c1. The van der Waals surface area contributed by atoms with Crippen molar-refractivity contribution in [3.8, 4) is 11.1 Å². The van der Waals surface area contributed by atoms with Crippen LogP contribution in [0, 0.1) is 0 Å². The number of hydrogen-bond donors (Lipinski definition) is 3. The van der Waals surface area contributed by atoms with Gasteiger partial charge >= 0.3 is 6.18 Å². The second-order valence-electron chi connectivity index (χ2n) is 9.73. The predicted molar refractivity (Wildman–Crippen MR) is 161 cm³/mol. The molecular formula is C34H25F3N4O3. The number of alkyl halides is 3. The molecule has 0 atom stereocenters. The molecule has 220 valence electrons. The van der Waals surface area contributed by atoms with E-state index in [9.17, 15) is 27.6 Å². The Balaban J connectivity index is 1.20. The van der Waals surface area contributed by atoms with E-state index in [1.165, 1.54) is 30.6 Å². The first-order valence-corrected chi connectivity index (χ1v) is 13.4. The zero-order chi connectivity index (χ0) is 31.1. The molecule has 0 aliphatic rings. The molecule has 0 unspecified atom stereocenters. The zero-order valence-corrected chi connectivity index (χ0v) is 23.1. The highest BCUT2D eigenvalue weighted by atomic mass is 19.4. The van der Waals surface area contributed by atoms with E-state index in [4.69, 9.17) is 0 Å². The molecule has 10 heteroatoms. The molecule has 5 rings (SSSR count). The van der Waals surface area contributed by atoms with Crippen LogP contribution in [-0.2, 0) is 12.7 Å². The van der Waals surface area contributed by atoms with Gasteiger partial charge in [-0.1, -0.05) is 48.5 Å². The van der Waals surface area contributed by atoms with Gasteiger partial charge in [-0.25, -0.2) is 0 Å². The lowest BCUT2D eigenvalue weighted by Gasteiger charge is -2.13. The summed E-state index contributed by atoms with van der Waals surface area (Å²) in [6, 6.07) is 27.9. The summed E-state index contributed by atoms with van der Waals surface area (Å²) >= 11 is 0. The summed E-state index contributed by atoms with van der Waals surface area (Å²) < 4.78 is 39.0. The van der Waals surface area contributed by atoms with Crippen molar-refractivity contribution in [2.75, 3.05) is 10.6 Å². The van der Waals surface area contributed by atoms with Crippen molar-refractivity contribution in [1.82, 2.24) is 10.3 Å². The fraction of sp³-hybridized carbons (Fsp3) is 0.0588. The number of carbonyl (C=O) groups excluding carboxylic acids is 3. The number of nitrogens with zero attached hydrogens (tertiary/aromatic N) is 1. The van der Waals surface area contributed by atoms with Crippen LogP contribution in [0.3, 0.4) is 0 Å². The average Bonchev–Trinajstić information content (AvgIpc) is 3.04. The van der Waals surface area contributed by atoms with Crippen molar-refractivity contribution < 1.29 is 27.6 Å². The summed E-state index contributed by atoms with van der Waals surface area (Å²) in [4.78, 5) is 42.3. The normalized spacial score (nSPS) is 11.0. The van der Waals surface area contributed by atoms with Crippen molar-refractivity contribution in [1.29, 1.82) is 0 Å². The summed E-state index contributed by atoms with van der Waals surface area (Å²) in [6.45, 7) is 0.231. The Morgan fingerprint density at radius 3 is 2.02 bits per heavy atom. The smallest absolute Gasteiger partial charge is 0.348 e. The number of rotatable bonds is 8. The quantitative estimate of drug-likeness (QED) is 0.177. The van der Waals surface area contributed by atoms with Crippen molar-refractivity contribution in [3.63, 3.8) is 0 Å². The number of amides is 3. The Morgan fingerprint density at radius 2 is 1.32 bits per heavy atom. The first-order chi connectivity index (χ1) is 21.2. The Labute approximate surface area is 250 Å². The van der Waals surface area contributed by atoms with Crippen LogP contribution in [0.15, 0.2) is 122 Å². The molecule has 7 nitrogen and oxygen atoms in total. The van der Waals surface area contributed by atoms with Gasteiger partial charge in [-0.15, -0.1) is 0 Å². The number of halogens is 3. The first-order valence-electron chi connectivity index (χ1n) is 13.4. The van der Waals surface area contributed by atoms with Crippen LogP contribution < -0.4 is 16.0 Å². The van der Waals surface area contributed by atoms with Crippen LogP contribution in [0.5, 0.6) is 0 Å². The number of hydrogen-bond acceptors (Lipinski definition) is 4. The highest BCUT2D eigenvalue weighted by Crippen LogP contribution is 2.32. The van der Waals surface area contributed by atoms with Gasteiger partial charge in [0, 0.05) is 47.0 Å². The van der Waals surface area contributed by atoms with Gasteiger partial charge in [-0.05, 0) is 77.4 Å². The Hall–Kier alpha value is -5.77. The molecule has 0 aliphatic heterocycles. The maximum atomic E-state index is 13.2. The number of anilines is 2. The van der Waals surface area contributed by atoms with E-state index >= 15 is 0 Å². The van der Waals surface area contributed by atoms with Crippen LogP contribution in [0.4, 0.5) is 24.5 Å². The lowest BCUT2D eigenvalue weighted by atomic mass is 9.98. The van der Waals surface area contributed by atoms with Crippen LogP contribution in [-0.4, -0.2) is 22.7 Å². The van der Waals surface area contributed by atoms with Crippen LogP contribution in [0.2, 0.25) is 0 Å². The monoisotopic (exact) mass is 594 g/mol. The lowest BCUT2D eigenvalue weighted by molar-refractivity contribution is -0.137. The van der Waals surface area contributed by atoms with Crippen LogP contribution >= 0.6 is 0 Å². The predicted octanol–water partition coefficient (Wildman–Crippen LogP) is 7.20. The molecule has 5 aromatic rings. The topological polar surface area (TPSA) is 100 Å². The maximum absolute atomic E-state index is 13.2. The van der Waals surface area contributed by atoms with Crippen molar-refractivity contribution in [3.05, 3.63) is 149 Å². The van der Waals surface area contributed by atoms with Gasteiger partial charge in [-0.3, -0.25) is 19.4 Å². The lowest BCUT2D eigenvalue weighted by Crippen LogP contribution is -2.23. The molecule has 0 radical (unpaired) electrons. The van der Waals surface area contributed by atoms with Gasteiger partial charge < -0.3 is 16.0 Å². The van der Waals surface area contributed by atoms with Crippen molar-refractivity contribution in [2.45, 2.75) is 12.7 Å². The highest BCUT2D eigenvalue weighted by Gasteiger charge is 2.30. The number of aromatic nitrogens is 1. The molecule has 3 amide bonds. The molecule has 0 saturated carbocycles. The molecule has 4 aromatic carbocycles. The van der Waals surface area contributed by atoms with E-state index in [1.54, 1.807) is 78.9 Å². The number of nitrogens with one attached hydrogen (secondary N) is 3. The highest BCUT2D eigenvalue weighted by molar-refractivity contribution is 6.09. The second kappa shape index (κ2) is 13.0. The molecule has 0 saturated heterocycles.